The highest BCUT2D eigenvalue weighted by Crippen LogP contribution is 2.30. The summed E-state index contributed by atoms with van der Waals surface area (Å²) < 4.78 is 0. The number of carbonyl (C=O) groups excluding carboxylic acids is 1. The van der Waals surface area contributed by atoms with Gasteiger partial charge in [0, 0.05) is 42.9 Å². The van der Waals surface area contributed by atoms with Crippen molar-refractivity contribution in [2.24, 2.45) is 0 Å². The zero-order valence-corrected chi connectivity index (χ0v) is 17.7. The topological polar surface area (TPSA) is 36.4 Å². The van der Waals surface area contributed by atoms with E-state index in [9.17, 15) is 4.79 Å². The SMILES string of the molecule is Cc1ccc(N2CCN(C(=O)c3c4c(nc5ccccc35)CCCCC4)CC2)cc1. The first-order chi connectivity index (χ1) is 14.7. The number of aryl methyl sites for hydroxylation is 2. The molecule has 0 atom stereocenters. The summed E-state index contributed by atoms with van der Waals surface area (Å²) >= 11 is 0. The molecule has 1 saturated heterocycles. The summed E-state index contributed by atoms with van der Waals surface area (Å²) in [5.41, 5.74) is 6.75. The number of anilines is 1. The molecular weight excluding hydrogens is 370 g/mol. The molecule has 4 nitrogen and oxygen atoms in total. The number of para-hydroxylation sites is 1. The molecule has 0 N–H and O–H groups in total. The Morgan fingerprint density at radius 2 is 1.60 bits per heavy atom. The van der Waals surface area contributed by atoms with Crippen LogP contribution in [0.25, 0.3) is 10.9 Å². The third kappa shape index (κ3) is 3.55. The molecule has 0 bridgehead atoms. The van der Waals surface area contributed by atoms with Gasteiger partial charge in [0.05, 0.1) is 11.1 Å². The molecule has 4 heteroatoms. The minimum Gasteiger partial charge on any atom is -0.368 e. The average molecular weight is 400 g/mol. The van der Waals surface area contributed by atoms with E-state index < -0.39 is 0 Å². The van der Waals surface area contributed by atoms with Crippen LogP contribution in [-0.4, -0.2) is 42.0 Å². The Morgan fingerprint density at radius 1 is 0.867 bits per heavy atom. The van der Waals surface area contributed by atoms with Crippen molar-refractivity contribution in [1.82, 2.24) is 9.88 Å². The van der Waals surface area contributed by atoms with Crippen LogP contribution in [0.4, 0.5) is 5.69 Å². The molecule has 2 aliphatic rings. The van der Waals surface area contributed by atoms with Gasteiger partial charge in [-0.05, 0) is 56.4 Å². The van der Waals surface area contributed by atoms with Gasteiger partial charge in [-0.2, -0.15) is 0 Å². The second kappa shape index (κ2) is 8.10. The molecule has 2 heterocycles. The van der Waals surface area contributed by atoms with Crippen molar-refractivity contribution in [3.05, 3.63) is 70.9 Å². The van der Waals surface area contributed by atoms with Gasteiger partial charge in [0.2, 0.25) is 0 Å². The predicted molar refractivity (Wildman–Crippen MR) is 122 cm³/mol. The van der Waals surface area contributed by atoms with Crippen LogP contribution in [0.1, 0.15) is 46.4 Å². The fraction of sp³-hybridized carbons (Fsp3) is 0.385. The van der Waals surface area contributed by atoms with E-state index in [1.165, 1.54) is 29.7 Å². The summed E-state index contributed by atoms with van der Waals surface area (Å²) in [5, 5.41) is 1.02. The number of pyridine rings is 1. The van der Waals surface area contributed by atoms with Crippen LogP contribution in [0.2, 0.25) is 0 Å². The number of piperazine rings is 1. The van der Waals surface area contributed by atoms with Crippen molar-refractivity contribution in [2.45, 2.75) is 39.0 Å². The molecule has 2 aromatic carbocycles. The molecule has 154 valence electrons. The van der Waals surface area contributed by atoms with Gasteiger partial charge >= 0.3 is 0 Å². The standard InChI is InChI=1S/C26H29N3O/c1-19-11-13-20(14-12-19)28-15-17-29(18-16-28)26(30)25-21-7-3-2-4-9-23(21)27-24-10-6-5-8-22(24)25/h5-6,8,10-14H,2-4,7,9,15-18H2,1H3. The third-order valence-electron chi connectivity index (χ3n) is 6.60. The van der Waals surface area contributed by atoms with Crippen LogP contribution in [0.5, 0.6) is 0 Å². The van der Waals surface area contributed by atoms with E-state index in [1.807, 2.05) is 18.2 Å². The number of hydrogen-bond acceptors (Lipinski definition) is 3. The molecule has 0 saturated carbocycles. The molecule has 3 aromatic rings. The van der Waals surface area contributed by atoms with E-state index in [1.54, 1.807) is 0 Å². The molecule has 1 amide bonds. The molecule has 1 aromatic heterocycles. The molecule has 0 spiro atoms. The van der Waals surface area contributed by atoms with Crippen molar-refractivity contribution < 1.29 is 4.79 Å². The van der Waals surface area contributed by atoms with Crippen molar-refractivity contribution in [2.75, 3.05) is 31.1 Å². The maximum atomic E-state index is 13.8. The molecule has 1 aliphatic carbocycles. The molecular formula is C26H29N3O. The summed E-state index contributed by atoms with van der Waals surface area (Å²) in [6, 6.07) is 16.9. The fourth-order valence-corrected chi connectivity index (χ4v) is 4.88. The highest BCUT2D eigenvalue weighted by molar-refractivity contribution is 6.07. The first kappa shape index (κ1) is 19.1. The molecule has 5 rings (SSSR count). The number of benzene rings is 2. The number of carbonyl (C=O) groups is 1. The summed E-state index contributed by atoms with van der Waals surface area (Å²) in [6.45, 7) is 5.39. The van der Waals surface area contributed by atoms with Crippen LogP contribution in [-0.2, 0) is 12.8 Å². The van der Waals surface area contributed by atoms with Crippen LogP contribution < -0.4 is 4.90 Å². The zero-order chi connectivity index (χ0) is 20.5. The minimum absolute atomic E-state index is 0.190. The quantitative estimate of drug-likeness (QED) is 0.582. The Kier molecular flexibility index (Phi) is 5.16. The highest BCUT2D eigenvalue weighted by atomic mass is 16.2. The van der Waals surface area contributed by atoms with Crippen LogP contribution in [0.3, 0.4) is 0 Å². The van der Waals surface area contributed by atoms with Crippen LogP contribution >= 0.6 is 0 Å². The lowest BCUT2D eigenvalue weighted by atomic mass is 9.96. The lowest BCUT2D eigenvalue weighted by Gasteiger charge is -2.36. The van der Waals surface area contributed by atoms with Gasteiger partial charge in [-0.1, -0.05) is 42.3 Å². The first-order valence-electron chi connectivity index (χ1n) is 11.2. The molecule has 1 aliphatic heterocycles. The number of nitrogens with zero attached hydrogens (tertiary/aromatic N) is 3. The van der Waals surface area contributed by atoms with E-state index in [0.717, 1.165) is 67.6 Å². The van der Waals surface area contributed by atoms with E-state index >= 15 is 0 Å². The first-order valence-corrected chi connectivity index (χ1v) is 11.2. The van der Waals surface area contributed by atoms with Gasteiger partial charge in [-0.25, -0.2) is 0 Å². The van der Waals surface area contributed by atoms with Gasteiger partial charge in [0.15, 0.2) is 0 Å². The molecule has 0 radical (unpaired) electrons. The summed E-state index contributed by atoms with van der Waals surface area (Å²) in [5.74, 6) is 0.190. The predicted octanol–water partition coefficient (Wildman–Crippen LogP) is 4.77. The van der Waals surface area contributed by atoms with Gasteiger partial charge < -0.3 is 9.80 Å². The lowest BCUT2D eigenvalue weighted by Crippen LogP contribution is -2.49. The monoisotopic (exact) mass is 399 g/mol. The van der Waals surface area contributed by atoms with Gasteiger partial charge in [-0.15, -0.1) is 0 Å². The Hall–Kier alpha value is -2.88. The number of aromatic nitrogens is 1. The van der Waals surface area contributed by atoms with Crippen LogP contribution in [0, 0.1) is 6.92 Å². The fourth-order valence-electron chi connectivity index (χ4n) is 4.88. The van der Waals surface area contributed by atoms with Crippen molar-refractivity contribution in [1.29, 1.82) is 0 Å². The highest BCUT2D eigenvalue weighted by Gasteiger charge is 2.28. The molecule has 0 unspecified atom stereocenters. The number of rotatable bonds is 2. The minimum atomic E-state index is 0.190. The number of amides is 1. The van der Waals surface area contributed by atoms with Gasteiger partial charge in [0.1, 0.15) is 0 Å². The Bertz CT molecular complexity index is 1070. The lowest BCUT2D eigenvalue weighted by molar-refractivity contribution is 0.0747. The Labute approximate surface area is 178 Å². The maximum absolute atomic E-state index is 13.8. The van der Waals surface area contributed by atoms with Crippen molar-refractivity contribution in [3.63, 3.8) is 0 Å². The van der Waals surface area contributed by atoms with Gasteiger partial charge in [-0.3, -0.25) is 9.78 Å². The normalized spacial score (nSPS) is 17.0. The van der Waals surface area contributed by atoms with E-state index in [-0.39, 0.29) is 5.91 Å². The maximum Gasteiger partial charge on any atom is 0.255 e. The molecule has 30 heavy (non-hydrogen) atoms. The smallest absolute Gasteiger partial charge is 0.255 e. The average Bonchev–Trinajstić information content (AvgIpc) is 3.03. The summed E-state index contributed by atoms with van der Waals surface area (Å²) in [6.07, 6.45) is 5.49. The largest absolute Gasteiger partial charge is 0.368 e. The van der Waals surface area contributed by atoms with E-state index in [0.29, 0.717) is 0 Å². The Balaban J connectivity index is 1.44. The van der Waals surface area contributed by atoms with Crippen LogP contribution in [0.15, 0.2) is 48.5 Å². The summed E-state index contributed by atoms with van der Waals surface area (Å²) in [7, 11) is 0. The summed E-state index contributed by atoms with van der Waals surface area (Å²) in [4.78, 5) is 23.1. The number of fused-ring (bicyclic) bond motifs is 2. The molecule has 1 fully saturated rings. The zero-order valence-electron chi connectivity index (χ0n) is 17.7. The Morgan fingerprint density at radius 3 is 2.40 bits per heavy atom. The van der Waals surface area contributed by atoms with Gasteiger partial charge in [0.25, 0.3) is 5.91 Å². The second-order valence-corrected chi connectivity index (χ2v) is 8.60. The van der Waals surface area contributed by atoms with E-state index in [2.05, 4.69) is 47.1 Å². The number of hydrogen-bond donors (Lipinski definition) is 0. The van der Waals surface area contributed by atoms with Crippen molar-refractivity contribution in [3.8, 4) is 0 Å². The second-order valence-electron chi connectivity index (χ2n) is 8.60. The third-order valence-corrected chi connectivity index (χ3v) is 6.60. The van der Waals surface area contributed by atoms with Crippen molar-refractivity contribution >= 4 is 22.5 Å². The van der Waals surface area contributed by atoms with E-state index in [4.69, 9.17) is 4.98 Å².